The van der Waals surface area contributed by atoms with E-state index < -0.39 is 5.91 Å². The van der Waals surface area contributed by atoms with Gasteiger partial charge in [-0.2, -0.15) is 0 Å². The first-order valence-corrected chi connectivity index (χ1v) is 12.4. The number of amides is 2. The highest BCUT2D eigenvalue weighted by Gasteiger charge is 2.41. The molecule has 0 atom stereocenters. The van der Waals surface area contributed by atoms with Gasteiger partial charge in [0.1, 0.15) is 10.7 Å². The number of piperazine rings is 1. The smallest absolute Gasteiger partial charge is 0.279 e. The van der Waals surface area contributed by atoms with Crippen molar-refractivity contribution < 1.29 is 9.59 Å². The van der Waals surface area contributed by atoms with Crippen LogP contribution < -0.4 is 0 Å². The van der Waals surface area contributed by atoms with E-state index in [1.54, 1.807) is 24.3 Å². The second-order valence-electron chi connectivity index (χ2n) is 8.73. The minimum Gasteiger partial charge on any atom is -0.363 e. The first kappa shape index (κ1) is 23.6. The Morgan fingerprint density at radius 2 is 1.23 bits per heavy atom. The van der Waals surface area contributed by atoms with Gasteiger partial charge in [-0.25, -0.2) is 0 Å². The van der Waals surface area contributed by atoms with E-state index in [0.29, 0.717) is 23.8 Å². The monoisotopic (exact) mass is 505 g/mol. The van der Waals surface area contributed by atoms with Crippen molar-refractivity contribution in [3.63, 3.8) is 0 Å². The van der Waals surface area contributed by atoms with Gasteiger partial charge in [0.15, 0.2) is 0 Å². The van der Waals surface area contributed by atoms with Crippen LogP contribution in [-0.4, -0.2) is 52.7 Å². The van der Waals surface area contributed by atoms with E-state index >= 15 is 0 Å². The summed E-state index contributed by atoms with van der Waals surface area (Å²) in [5.41, 5.74) is 3.58. The first-order chi connectivity index (χ1) is 17.0. The second-order valence-corrected chi connectivity index (χ2v) is 9.55. The van der Waals surface area contributed by atoms with Gasteiger partial charge >= 0.3 is 0 Å². The summed E-state index contributed by atoms with van der Waals surface area (Å²) in [6.45, 7) is 2.85. The van der Waals surface area contributed by atoms with Crippen LogP contribution in [0.15, 0.2) is 95.7 Å². The maximum Gasteiger partial charge on any atom is 0.279 e. The van der Waals surface area contributed by atoms with Crippen LogP contribution in [0.4, 0.5) is 0 Å². The summed E-state index contributed by atoms with van der Waals surface area (Å²) in [7, 11) is 0. The molecule has 3 aromatic carbocycles. The van der Waals surface area contributed by atoms with Crippen LogP contribution >= 0.6 is 23.2 Å². The Morgan fingerprint density at radius 3 is 1.77 bits per heavy atom. The number of imide groups is 1. The zero-order valence-corrected chi connectivity index (χ0v) is 20.6. The lowest BCUT2D eigenvalue weighted by Gasteiger charge is -2.40. The molecule has 3 aromatic rings. The standard InChI is InChI=1S/C28H25Cl2N3O2/c29-23-13-11-20(12-14-23)19-33-27(34)24(30)26(28(33)35)32-17-15-31(16-18-32)25(21-7-3-1-4-8-21)22-9-5-2-6-10-22/h1-14,25H,15-19H2. The van der Waals surface area contributed by atoms with Crippen LogP contribution in [0.1, 0.15) is 22.7 Å². The van der Waals surface area contributed by atoms with Crippen LogP contribution in [0, 0.1) is 0 Å². The SMILES string of the molecule is O=C1C(Cl)=C(N2CCN(C(c3ccccc3)c3ccccc3)CC2)C(=O)N1Cc1ccc(Cl)cc1. The van der Waals surface area contributed by atoms with E-state index in [-0.39, 0.29) is 23.5 Å². The largest absolute Gasteiger partial charge is 0.363 e. The predicted molar refractivity (Wildman–Crippen MR) is 138 cm³/mol. The molecule has 1 fully saturated rings. The third-order valence-corrected chi connectivity index (χ3v) is 7.16. The van der Waals surface area contributed by atoms with Crippen molar-refractivity contribution in [2.45, 2.75) is 12.6 Å². The lowest BCUT2D eigenvalue weighted by Crippen LogP contribution is -2.48. The Bertz CT molecular complexity index is 1200. The quantitative estimate of drug-likeness (QED) is 0.438. The maximum atomic E-state index is 13.2. The summed E-state index contributed by atoms with van der Waals surface area (Å²) in [6, 6.07) is 28.1. The molecule has 2 aliphatic heterocycles. The maximum absolute atomic E-state index is 13.2. The second kappa shape index (κ2) is 10.2. The molecule has 2 heterocycles. The molecule has 0 bridgehead atoms. The van der Waals surface area contributed by atoms with Crippen molar-refractivity contribution in [3.8, 4) is 0 Å². The van der Waals surface area contributed by atoms with Gasteiger partial charge in [0.05, 0.1) is 12.6 Å². The molecule has 2 aliphatic rings. The number of benzene rings is 3. The fourth-order valence-electron chi connectivity index (χ4n) is 4.81. The molecule has 0 saturated carbocycles. The minimum absolute atomic E-state index is 0.0000762. The highest BCUT2D eigenvalue weighted by molar-refractivity contribution is 6.47. The van der Waals surface area contributed by atoms with E-state index in [9.17, 15) is 9.59 Å². The number of hydrogen-bond donors (Lipinski definition) is 0. The summed E-state index contributed by atoms with van der Waals surface area (Å²) < 4.78 is 0. The molecule has 0 unspecified atom stereocenters. The van der Waals surface area contributed by atoms with Crippen LogP contribution in [0.3, 0.4) is 0 Å². The molecule has 2 amide bonds. The average molecular weight is 506 g/mol. The molecular formula is C28H25Cl2N3O2. The Morgan fingerprint density at radius 1 is 0.686 bits per heavy atom. The van der Waals surface area contributed by atoms with Gasteiger partial charge in [0.25, 0.3) is 11.8 Å². The van der Waals surface area contributed by atoms with Gasteiger partial charge in [0, 0.05) is 31.2 Å². The molecule has 7 heteroatoms. The van der Waals surface area contributed by atoms with Gasteiger partial charge in [-0.1, -0.05) is 96.0 Å². The molecule has 0 aliphatic carbocycles. The Kier molecular flexibility index (Phi) is 6.91. The van der Waals surface area contributed by atoms with Gasteiger partial charge < -0.3 is 4.90 Å². The van der Waals surface area contributed by atoms with Gasteiger partial charge in [-0.3, -0.25) is 19.4 Å². The van der Waals surface area contributed by atoms with Crippen molar-refractivity contribution in [2.75, 3.05) is 26.2 Å². The third-order valence-electron chi connectivity index (χ3n) is 6.57. The van der Waals surface area contributed by atoms with Crippen LogP contribution in [-0.2, 0) is 16.1 Å². The molecule has 0 spiro atoms. The Balaban J connectivity index is 1.31. The number of nitrogens with zero attached hydrogens (tertiary/aromatic N) is 3. The van der Waals surface area contributed by atoms with Crippen molar-refractivity contribution in [1.82, 2.24) is 14.7 Å². The molecular weight excluding hydrogens is 481 g/mol. The summed E-state index contributed by atoms with van der Waals surface area (Å²) in [5.74, 6) is -0.790. The van der Waals surface area contributed by atoms with Gasteiger partial charge in [-0.15, -0.1) is 0 Å². The molecule has 0 N–H and O–H groups in total. The van der Waals surface area contributed by atoms with E-state index in [1.165, 1.54) is 16.0 Å². The third kappa shape index (κ3) is 4.85. The van der Waals surface area contributed by atoms with Crippen molar-refractivity contribution in [1.29, 1.82) is 0 Å². The summed E-state index contributed by atoms with van der Waals surface area (Å²) >= 11 is 12.4. The normalized spacial score (nSPS) is 17.1. The molecule has 35 heavy (non-hydrogen) atoms. The topological polar surface area (TPSA) is 43.9 Å². The lowest BCUT2D eigenvalue weighted by atomic mass is 9.96. The Labute approximate surface area is 215 Å². The van der Waals surface area contributed by atoms with Crippen molar-refractivity contribution >= 4 is 35.0 Å². The van der Waals surface area contributed by atoms with Gasteiger partial charge in [-0.05, 0) is 28.8 Å². The molecule has 1 saturated heterocycles. The van der Waals surface area contributed by atoms with E-state index in [4.69, 9.17) is 23.2 Å². The number of carbonyl (C=O) groups is 2. The number of halogens is 2. The van der Waals surface area contributed by atoms with E-state index in [1.807, 2.05) is 17.0 Å². The minimum atomic E-state index is -0.449. The van der Waals surface area contributed by atoms with Gasteiger partial charge in [0.2, 0.25) is 0 Å². The van der Waals surface area contributed by atoms with Crippen molar-refractivity contribution in [2.24, 2.45) is 0 Å². The molecule has 178 valence electrons. The summed E-state index contributed by atoms with van der Waals surface area (Å²) in [4.78, 5) is 31.7. The molecule has 5 rings (SSSR count). The highest BCUT2D eigenvalue weighted by atomic mass is 35.5. The summed E-state index contributed by atoms with van der Waals surface area (Å²) in [6.07, 6.45) is 0. The fourth-order valence-corrected chi connectivity index (χ4v) is 5.24. The molecule has 0 radical (unpaired) electrons. The summed E-state index contributed by atoms with van der Waals surface area (Å²) in [5, 5.41) is 0.604. The number of carbonyl (C=O) groups excluding carboxylic acids is 2. The van der Waals surface area contributed by atoms with Crippen LogP contribution in [0.25, 0.3) is 0 Å². The molecule has 0 aromatic heterocycles. The highest BCUT2D eigenvalue weighted by Crippen LogP contribution is 2.33. The number of hydrogen-bond acceptors (Lipinski definition) is 4. The fraction of sp³-hybridized carbons (Fsp3) is 0.214. The average Bonchev–Trinajstić information content (AvgIpc) is 3.10. The van der Waals surface area contributed by atoms with Crippen molar-refractivity contribution in [3.05, 3.63) is 117 Å². The van der Waals surface area contributed by atoms with Crippen LogP contribution in [0.5, 0.6) is 0 Å². The lowest BCUT2D eigenvalue weighted by molar-refractivity contribution is -0.138. The van der Waals surface area contributed by atoms with E-state index in [0.717, 1.165) is 18.7 Å². The van der Waals surface area contributed by atoms with E-state index in [2.05, 4.69) is 53.4 Å². The zero-order valence-electron chi connectivity index (χ0n) is 19.1. The first-order valence-electron chi connectivity index (χ1n) is 11.6. The van der Waals surface area contributed by atoms with Crippen LogP contribution in [0.2, 0.25) is 5.02 Å². The number of rotatable bonds is 6. The molecule has 5 nitrogen and oxygen atoms in total. The Hall–Kier alpha value is -3.12. The predicted octanol–water partition coefficient (Wildman–Crippen LogP) is 5.07. The zero-order chi connectivity index (χ0) is 24.4.